The standard InChI is InChI=1S/C24H23ClN4O2/c1-3-16(2)17-9-11-19(12-10-17)31-15-24(30)26-21-14-23-22(13-20(21)25)27-29(28-23)18-7-5-4-6-8-18/h4-14,16H,3,15H2,1-2H3,(H,26,30)/t16-/m1/s1. The molecule has 1 N–H and O–H groups in total. The van der Waals surface area contributed by atoms with E-state index in [1.165, 1.54) is 5.56 Å². The molecule has 31 heavy (non-hydrogen) atoms. The summed E-state index contributed by atoms with van der Waals surface area (Å²) >= 11 is 6.35. The molecule has 4 rings (SSSR count). The van der Waals surface area contributed by atoms with Crippen LogP contribution in [0.2, 0.25) is 5.02 Å². The third-order valence-corrected chi connectivity index (χ3v) is 5.47. The van der Waals surface area contributed by atoms with Gasteiger partial charge in [-0.3, -0.25) is 4.79 Å². The van der Waals surface area contributed by atoms with Crippen molar-refractivity contribution in [1.29, 1.82) is 0 Å². The summed E-state index contributed by atoms with van der Waals surface area (Å²) in [5.41, 5.74) is 3.83. The van der Waals surface area contributed by atoms with E-state index in [4.69, 9.17) is 16.3 Å². The van der Waals surface area contributed by atoms with Gasteiger partial charge in [0.25, 0.3) is 5.91 Å². The van der Waals surface area contributed by atoms with Crippen molar-refractivity contribution in [3.8, 4) is 11.4 Å². The number of amides is 1. The normalized spacial score (nSPS) is 12.0. The van der Waals surface area contributed by atoms with E-state index in [0.717, 1.165) is 12.1 Å². The number of nitrogens with zero attached hydrogens (tertiary/aromatic N) is 3. The monoisotopic (exact) mass is 434 g/mol. The molecule has 0 fully saturated rings. The summed E-state index contributed by atoms with van der Waals surface area (Å²) in [6, 6.07) is 20.8. The molecule has 1 atom stereocenters. The Balaban J connectivity index is 1.43. The largest absolute Gasteiger partial charge is 0.484 e. The van der Waals surface area contributed by atoms with Gasteiger partial charge in [0.2, 0.25) is 0 Å². The second kappa shape index (κ2) is 9.18. The lowest BCUT2D eigenvalue weighted by Gasteiger charge is -2.11. The third-order valence-electron chi connectivity index (χ3n) is 5.16. The fourth-order valence-corrected chi connectivity index (χ4v) is 3.38. The van der Waals surface area contributed by atoms with Gasteiger partial charge in [0.1, 0.15) is 16.8 Å². The van der Waals surface area contributed by atoms with Crippen molar-refractivity contribution in [3.05, 3.63) is 77.3 Å². The molecule has 0 bridgehead atoms. The maximum absolute atomic E-state index is 12.4. The molecule has 1 aromatic heterocycles. The van der Waals surface area contributed by atoms with Gasteiger partial charge in [0.05, 0.1) is 16.4 Å². The number of fused-ring (bicyclic) bond motifs is 1. The number of ether oxygens (including phenoxy) is 1. The zero-order valence-electron chi connectivity index (χ0n) is 17.4. The van der Waals surface area contributed by atoms with Gasteiger partial charge in [0, 0.05) is 0 Å². The molecular formula is C24H23ClN4O2. The quantitative estimate of drug-likeness (QED) is 0.410. The van der Waals surface area contributed by atoms with Crippen molar-refractivity contribution in [2.24, 2.45) is 0 Å². The summed E-state index contributed by atoms with van der Waals surface area (Å²) in [6.45, 7) is 4.22. The average Bonchev–Trinajstić information content (AvgIpc) is 3.21. The van der Waals surface area contributed by atoms with Crippen LogP contribution < -0.4 is 10.1 Å². The maximum Gasteiger partial charge on any atom is 0.262 e. The van der Waals surface area contributed by atoms with E-state index in [1.807, 2.05) is 54.6 Å². The molecule has 0 aliphatic rings. The zero-order chi connectivity index (χ0) is 21.8. The second-order valence-corrected chi connectivity index (χ2v) is 7.77. The lowest BCUT2D eigenvalue weighted by Crippen LogP contribution is -2.20. The van der Waals surface area contributed by atoms with Crippen molar-refractivity contribution in [1.82, 2.24) is 15.0 Å². The minimum Gasteiger partial charge on any atom is -0.484 e. The number of rotatable bonds is 7. The zero-order valence-corrected chi connectivity index (χ0v) is 18.1. The van der Waals surface area contributed by atoms with Crippen molar-refractivity contribution in [2.45, 2.75) is 26.2 Å². The van der Waals surface area contributed by atoms with Gasteiger partial charge in [-0.1, -0.05) is 55.8 Å². The molecule has 1 amide bonds. The molecule has 3 aromatic carbocycles. The van der Waals surface area contributed by atoms with Crippen molar-refractivity contribution >= 4 is 34.2 Å². The van der Waals surface area contributed by atoms with Gasteiger partial charge in [-0.15, -0.1) is 10.2 Å². The molecule has 0 aliphatic heterocycles. The van der Waals surface area contributed by atoms with Crippen molar-refractivity contribution < 1.29 is 9.53 Å². The number of carbonyl (C=O) groups excluding carboxylic acids is 1. The van der Waals surface area contributed by atoms with Crippen LogP contribution in [0.4, 0.5) is 5.69 Å². The van der Waals surface area contributed by atoms with Gasteiger partial charge in [-0.2, -0.15) is 4.80 Å². The molecule has 4 aromatic rings. The molecule has 0 saturated heterocycles. The Morgan fingerprint density at radius 3 is 2.42 bits per heavy atom. The average molecular weight is 435 g/mol. The van der Waals surface area contributed by atoms with E-state index in [1.54, 1.807) is 16.9 Å². The first kappa shape index (κ1) is 20.9. The van der Waals surface area contributed by atoms with Crippen LogP contribution in [0.25, 0.3) is 16.7 Å². The molecule has 6 nitrogen and oxygen atoms in total. The number of nitrogens with one attached hydrogen (secondary N) is 1. The van der Waals surface area contributed by atoms with Crippen LogP contribution in [-0.4, -0.2) is 27.5 Å². The Kier molecular flexibility index (Phi) is 6.18. The fraction of sp³-hybridized carbons (Fsp3) is 0.208. The summed E-state index contributed by atoms with van der Waals surface area (Å²) in [7, 11) is 0. The van der Waals surface area contributed by atoms with Crippen LogP contribution in [0.3, 0.4) is 0 Å². The minimum absolute atomic E-state index is 0.117. The highest BCUT2D eigenvalue weighted by molar-refractivity contribution is 6.34. The van der Waals surface area contributed by atoms with Crippen molar-refractivity contribution in [2.75, 3.05) is 11.9 Å². The van der Waals surface area contributed by atoms with Crippen LogP contribution >= 0.6 is 11.6 Å². The van der Waals surface area contributed by atoms with Crippen LogP contribution in [0.1, 0.15) is 31.7 Å². The predicted octanol–water partition coefficient (Wildman–Crippen LogP) is 5.60. The number of anilines is 1. The number of halogens is 1. The molecule has 0 spiro atoms. The molecule has 158 valence electrons. The molecule has 1 heterocycles. The van der Waals surface area contributed by atoms with Gasteiger partial charge >= 0.3 is 0 Å². The Labute approximate surface area is 185 Å². The molecule has 0 aliphatic carbocycles. The van der Waals surface area contributed by atoms with Crippen LogP contribution in [0.5, 0.6) is 5.75 Å². The SMILES string of the molecule is CC[C@@H](C)c1ccc(OCC(=O)Nc2cc3nn(-c4ccccc4)nc3cc2Cl)cc1. The van der Waals surface area contributed by atoms with E-state index < -0.39 is 0 Å². The third kappa shape index (κ3) is 4.86. The highest BCUT2D eigenvalue weighted by Crippen LogP contribution is 2.27. The summed E-state index contributed by atoms with van der Waals surface area (Å²) in [4.78, 5) is 13.9. The van der Waals surface area contributed by atoms with Crippen LogP contribution in [-0.2, 0) is 4.79 Å². The van der Waals surface area contributed by atoms with Crippen LogP contribution in [0, 0.1) is 0 Å². The Morgan fingerprint density at radius 1 is 1.06 bits per heavy atom. The minimum atomic E-state index is -0.303. The summed E-state index contributed by atoms with van der Waals surface area (Å²) in [6.07, 6.45) is 1.08. The molecule has 7 heteroatoms. The summed E-state index contributed by atoms with van der Waals surface area (Å²) < 4.78 is 5.61. The van der Waals surface area contributed by atoms with Gasteiger partial charge in [0.15, 0.2) is 6.61 Å². The number of hydrogen-bond donors (Lipinski definition) is 1. The van der Waals surface area contributed by atoms with Crippen molar-refractivity contribution in [3.63, 3.8) is 0 Å². The topological polar surface area (TPSA) is 69.0 Å². The predicted molar refractivity (Wildman–Crippen MR) is 123 cm³/mol. The van der Waals surface area contributed by atoms with Gasteiger partial charge in [-0.25, -0.2) is 0 Å². The van der Waals surface area contributed by atoms with E-state index in [0.29, 0.717) is 33.4 Å². The first-order valence-corrected chi connectivity index (χ1v) is 10.6. The van der Waals surface area contributed by atoms with E-state index in [2.05, 4.69) is 29.4 Å². The number of hydrogen-bond acceptors (Lipinski definition) is 4. The lowest BCUT2D eigenvalue weighted by molar-refractivity contribution is -0.118. The first-order chi connectivity index (χ1) is 15.0. The van der Waals surface area contributed by atoms with E-state index in [-0.39, 0.29) is 12.5 Å². The molecule has 0 saturated carbocycles. The summed E-state index contributed by atoms with van der Waals surface area (Å²) in [5, 5.41) is 12.1. The first-order valence-electron chi connectivity index (χ1n) is 10.2. The smallest absolute Gasteiger partial charge is 0.262 e. The molecule has 0 unspecified atom stereocenters. The van der Waals surface area contributed by atoms with E-state index in [9.17, 15) is 4.79 Å². The fourth-order valence-electron chi connectivity index (χ4n) is 3.17. The van der Waals surface area contributed by atoms with Crippen LogP contribution in [0.15, 0.2) is 66.7 Å². The Hall–Kier alpha value is -3.38. The Morgan fingerprint density at radius 2 is 1.74 bits per heavy atom. The highest BCUT2D eigenvalue weighted by Gasteiger charge is 2.12. The second-order valence-electron chi connectivity index (χ2n) is 7.36. The maximum atomic E-state index is 12.4. The number of benzene rings is 3. The molecular weight excluding hydrogens is 412 g/mol. The lowest BCUT2D eigenvalue weighted by atomic mass is 9.99. The number of aromatic nitrogens is 3. The van der Waals surface area contributed by atoms with E-state index >= 15 is 0 Å². The van der Waals surface area contributed by atoms with Gasteiger partial charge in [-0.05, 0) is 54.3 Å². The summed E-state index contributed by atoms with van der Waals surface area (Å²) in [5.74, 6) is 0.839. The number of para-hydroxylation sites is 1. The number of carbonyl (C=O) groups is 1. The molecule has 0 radical (unpaired) electrons. The van der Waals surface area contributed by atoms with Gasteiger partial charge < -0.3 is 10.1 Å². The Bertz CT molecular complexity index is 1190. The highest BCUT2D eigenvalue weighted by atomic mass is 35.5.